The Morgan fingerprint density at radius 2 is 1.76 bits per heavy atom. The first-order valence-electron chi connectivity index (χ1n) is 7.81. The third-order valence-corrected chi connectivity index (χ3v) is 4.97. The summed E-state index contributed by atoms with van der Waals surface area (Å²) in [6.45, 7) is 2.84. The first kappa shape index (κ1) is 21.0. The predicted molar refractivity (Wildman–Crippen MR) is 92.3 cm³/mol. The molecule has 1 heterocycles. The van der Waals surface area contributed by atoms with E-state index in [0.717, 1.165) is 38.8 Å². The molecule has 6 heteroatoms. The Morgan fingerprint density at radius 3 is 2.29 bits per heavy atom. The molecular formula is C15H31Cl2N3O. The number of piperidine rings is 1. The first-order valence-corrected chi connectivity index (χ1v) is 7.81. The van der Waals surface area contributed by atoms with Crippen molar-refractivity contribution in [3.05, 3.63) is 0 Å². The molecule has 126 valence electrons. The summed E-state index contributed by atoms with van der Waals surface area (Å²) in [4.78, 5) is 14.6. The van der Waals surface area contributed by atoms with Crippen molar-refractivity contribution in [2.24, 2.45) is 11.1 Å². The lowest BCUT2D eigenvalue weighted by atomic mass is 9.71. The van der Waals surface area contributed by atoms with Crippen LogP contribution in [0.25, 0.3) is 0 Å². The molecule has 0 aromatic rings. The molecule has 0 spiro atoms. The zero-order valence-electron chi connectivity index (χ0n) is 13.1. The lowest BCUT2D eigenvalue weighted by Crippen LogP contribution is -2.46. The molecule has 1 saturated carbocycles. The van der Waals surface area contributed by atoms with Crippen LogP contribution in [0.1, 0.15) is 51.4 Å². The van der Waals surface area contributed by atoms with Gasteiger partial charge in [-0.15, -0.1) is 24.8 Å². The number of carbonyl (C=O) groups is 1. The highest BCUT2D eigenvalue weighted by Gasteiger charge is 2.33. The fourth-order valence-corrected chi connectivity index (χ4v) is 3.53. The van der Waals surface area contributed by atoms with E-state index >= 15 is 0 Å². The molecule has 3 N–H and O–H groups in total. The third kappa shape index (κ3) is 6.31. The van der Waals surface area contributed by atoms with Crippen LogP contribution in [0.5, 0.6) is 0 Å². The smallest absolute Gasteiger partial charge is 0.220 e. The SMILES string of the molecule is CN1CCC(NC(=O)CC2(CN)CCCCC2)CC1.Cl.Cl. The Balaban J connectivity index is 0.00000200. The van der Waals surface area contributed by atoms with Crippen molar-refractivity contribution in [2.75, 3.05) is 26.7 Å². The van der Waals surface area contributed by atoms with Gasteiger partial charge in [0, 0.05) is 12.5 Å². The van der Waals surface area contributed by atoms with E-state index in [1.54, 1.807) is 0 Å². The molecule has 21 heavy (non-hydrogen) atoms. The molecule has 0 aromatic carbocycles. The molecule has 1 aliphatic heterocycles. The maximum Gasteiger partial charge on any atom is 0.220 e. The number of amides is 1. The van der Waals surface area contributed by atoms with Crippen LogP contribution in [0.3, 0.4) is 0 Å². The van der Waals surface area contributed by atoms with Gasteiger partial charge in [0.05, 0.1) is 0 Å². The number of nitrogens with one attached hydrogen (secondary N) is 1. The largest absolute Gasteiger partial charge is 0.353 e. The van der Waals surface area contributed by atoms with Crippen molar-refractivity contribution in [2.45, 2.75) is 57.4 Å². The first-order chi connectivity index (χ1) is 9.13. The van der Waals surface area contributed by atoms with Gasteiger partial charge in [0.25, 0.3) is 0 Å². The molecule has 0 aromatic heterocycles. The summed E-state index contributed by atoms with van der Waals surface area (Å²) in [5, 5.41) is 3.22. The van der Waals surface area contributed by atoms with Crippen molar-refractivity contribution in [1.82, 2.24) is 10.2 Å². The minimum Gasteiger partial charge on any atom is -0.353 e. The van der Waals surface area contributed by atoms with Gasteiger partial charge < -0.3 is 16.0 Å². The monoisotopic (exact) mass is 339 g/mol. The molecule has 0 unspecified atom stereocenters. The van der Waals surface area contributed by atoms with Crippen LogP contribution >= 0.6 is 24.8 Å². The van der Waals surface area contributed by atoms with Crippen molar-refractivity contribution in [3.8, 4) is 0 Å². The number of likely N-dealkylation sites (tertiary alicyclic amines) is 1. The summed E-state index contributed by atoms with van der Waals surface area (Å²) < 4.78 is 0. The average Bonchev–Trinajstić information content (AvgIpc) is 2.42. The van der Waals surface area contributed by atoms with Crippen molar-refractivity contribution in [1.29, 1.82) is 0 Å². The van der Waals surface area contributed by atoms with Gasteiger partial charge in [-0.05, 0) is 57.8 Å². The van der Waals surface area contributed by atoms with E-state index in [-0.39, 0.29) is 36.1 Å². The van der Waals surface area contributed by atoms with Gasteiger partial charge in [0.15, 0.2) is 0 Å². The van der Waals surface area contributed by atoms with Gasteiger partial charge in [-0.2, -0.15) is 0 Å². The van der Waals surface area contributed by atoms with E-state index in [2.05, 4.69) is 17.3 Å². The highest BCUT2D eigenvalue weighted by atomic mass is 35.5. The van der Waals surface area contributed by atoms with Crippen molar-refractivity contribution >= 4 is 30.7 Å². The Morgan fingerprint density at radius 1 is 1.19 bits per heavy atom. The van der Waals surface area contributed by atoms with Crippen LogP contribution < -0.4 is 11.1 Å². The molecule has 2 rings (SSSR count). The molecule has 1 aliphatic carbocycles. The zero-order chi connectivity index (χ0) is 13.7. The van der Waals surface area contributed by atoms with E-state index < -0.39 is 0 Å². The summed E-state index contributed by atoms with van der Waals surface area (Å²) in [5.41, 5.74) is 6.04. The van der Waals surface area contributed by atoms with Gasteiger partial charge in [0.1, 0.15) is 0 Å². The molecule has 0 radical (unpaired) electrons. The summed E-state index contributed by atoms with van der Waals surface area (Å²) >= 11 is 0. The number of hydrogen-bond acceptors (Lipinski definition) is 3. The molecule has 0 atom stereocenters. The molecule has 1 amide bonds. The molecule has 2 aliphatic rings. The second-order valence-electron chi connectivity index (χ2n) is 6.59. The second kappa shape index (κ2) is 9.88. The quantitative estimate of drug-likeness (QED) is 0.826. The maximum absolute atomic E-state index is 12.2. The summed E-state index contributed by atoms with van der Waals surface area (Å²) in [5.74, 6) is 0.224. The minimum absolute atomic E-state index is 0. The van der Waals surface area contributed by atoms with Crippen LogP contribution in [0.4, 0.5) is 0 Å². The van der Waals surface area contributed by atoms with Crippen LogP contribution in [0, 0.1) is 5.41 Å². The lowest BCUT2D eigenvalue weighted by Gasteiger charge is -2.36. The highest BCUT2D eigenvalue weighted by molar-refractivity contribution is 5.85. The number of carbonyl (C=O) groups excluding carboxylic acids is 1. The van der Waals surface area contributed by atoms with E-state index in [4.69, 9.17) is 5.73 Å². The normalized spacial score (nSPS) is 22.8. The topological polar surface area (TPSA) is 58.4 Å². The molecule has 1 saturated heterocycles. The molecular weight excluding hydrogens is 309 g/mol. The van der Waals surface area contributed by atoms with Crippen molar-refractivity contribution < 1.29 is 4.79 Å². The van der Waals surface area contributed by atoms with Gasteiger partial charge in [0.2, 0.25) is 5.91 Å². The van der Waals surface area contributed by atoms with E-state index in [1.807, 2.05) is 0 Å². The van der Waals surface area contributed by atoms with E-state index in [9.17, 15) is 4.79 Å². The lowest BCUT2D eigenvalue weighted by molar-refractivity contribution is -0.124. The van der Waals surface area contributed by atoms with Gasteiger partial charge in [-0.25, -0.2) is 0 Å². The standard InChI is InChI=1S/C15H29N3O.2ClH/c1-18-9-5-13(6-10-18)17-14(19)11-15(12-16)7-3-2-4-8-15;;/h13H,2-12,16H2,1H3,(H,17,19);2*1H. The summed E-state index contributed by atoms with van der Waals surface area (Å²) in [6, 6.07) is 0.377. The average molecular weight is 340 g/mol. The summed E-state index contributed by atoms with van der Waals surface area (Å²) in [7, 11) is 2.14. The zero-order valence-corrected chi connectivity index (χ0v) is 14.7. The van der Waals surface area contributed by atoms with Gasteiger partial charge in [-0.1, -0.05) is 19.3 Å². The van der Waals surface area contributed by atoms with Crippen LogP contribution in [-0.4, -0.2) is 43.5 Å². The summed E-state index contributed by atoms with van der Waals surface area (Å²) in [6.07, 6.45) is 8.83. The van der Waals surface area contributed by atoms with Gasteiger partial charge >= 0.3 is 0 Å². The number of hydrogen-bond donors (Lipinski definition) is 2. The highest BCUT2D eigenvalue weighted by Crippen LogP contribution is 2.38. The van der Waals surface area contributed by atoms with Crippen LogP contribution in [-0.2, 0) is 4.79 Å². The number of nitrogens with two attached hydrogens (primary N) is 1. The number of rotatable bonds is 4. The number of nitrogens with zero attached hydrogens (tertiary/aromatic N) is 1. The van der Waals surface area contributed by atoms with Gasteiger partial charge in [-0.3, -0.25) is 4.79 Å². The fourth-order valence-electron chi connectivity index (χ4n) is 3.53. The Hall–Kier alpha value is -0.0300. The maximum atomic E-state index is 12.2. The molecule has 2 fully saturated rings. The third-order valence-electron chi connectivity index (χ3n) is 4.97. The predicted octanol–water partition coefficient (Wildman–Crippen LogP) is 2.34. The second-order valence-corrected chi connectivity index (χ2v) is 6.59. The Bertz CT molecular complexity index is 301. The van der Waals surface area contributed by atoms with Crippen LogP contribution in [0.2, 0.25) is 0 Å². The Kier molecular flexibility index (Phi) is 9.87. The molecule has 4 nitrogen and oxygen atoms in total. The van der Waals surface area contributed by atoms with E-state index in [0.29, 0.717) is 19.0 Å². The van der Waals surface area contributed by atoms with Crippen molar-refractivity contribution in [3.63, 3.8) is 0 Å². The van der Waals surface area contributed by atoms with Crippen LogP contribution in [0.15, 0.2) is 0 Å². The molecule has 0 bridgehead atoms. The minimum atomic E-state index is 0. The Labute approximate surface area is 141 Å². The van der Waals surface area contributed by atoms with E-state index in [1.165, 1.54) is 19.3 Å². The fraction of sp³-hybridized carbons (Fsp3) is 0.933. The number of halogens is 2.